The Balaban J connectivity index is 2.22. The summed E-state index contributed by atoms with van der Waals surface area (Å²) in [6.45, 7) is 0.471. The lowest BCUT2D eigenvalue weighted by atomic mass is 10.1. The van der Waals surface area contributed by atoms with E-state index in [1.807, 2.05) is 30.1 Å². The number of amidine groups is 1. The highest BCUT2D eigenvalue weighted by atomic mass is 79.9. The van der Waals surface area contributed by atoms with Crippen LogP contribution >= 0.6 is 15.9 Å². The first-order valence-electron chi connectivity index (χ1n) is 6.07. The van der Waals surface area contributed by atoms with Gasteiger partial charge in [0.2, 0.25) is 0 Å². The van der Waals surface area contributed by atoms with E-state index in [2.05, 4.69) is 15.9 Å². The monoisotopic (exact) mass is 335 g/mol. The fraction of sp³-hybridized carbons (Fsp3) is 0.133. The fourth-order valence-corrected chi connectivity index (χ4v) is 2.51. The molecule has 2 rings (SSSR count). The van der Waals surface area contributed by atoms with Crippen LogP contribution in [0.3, 0.4) is 0 Å². The Bertz CT molecular complexity index is 643. The van der Waals surface area contributed by atoms with Crippen LogP contribution in [-0.2, 0) is 6.54 Å². The van der Waals surface area contributed by atoms with Crippen LogP contribution in [0.2, 0.25) is 0 Å². The van der Waals surface area contributed by atoms with Gasteiger partial charge in [-0.15, -0.1) is 0 Å². The van der Waals surface area contributed by atoms with Crippen molar-refractivity contribution in [2.24, 2.45) is 5.73 Å². The van der Waals surface area contributed by atoms with Gasteiger partial charge >= 0.3 is 0 Å². The van der Waals surface area contributed by atoms with E-state index < -0.39 is 0 Å². The number of anilines is 1. The van der Waals surface area contributed by atoms with Crippen LogP contribution < -0.4 is 10.6 Å². The zero-order chi connectivity index (χ0) is 14.7. The highest BCUT2D eigenvalue weighted by Gasteiger charge is 2.09. The molecule has 0 spiro atoms. The smallest absolute Gasteiger partial charge is 0.128 e. The van der Waals surface area contributed by atoms with Crippen molar-refractivity contribution in [2.75, 3.05) is 11.9 Å². The third-order valence-corrected chi connectivity index (χ3v) is 3.71. The summed E-state index contributed by atoms with van der Waals surface area (Å²) in [4.78, 5) is 1.94. The topological polar surface area (TPSA) is 53.1 Å². The van der Waals surface area contributed by atoms with Gasteiger partial charge in [0.05, 0.1) is 0 Å². The Hall–Kier alpha value is -1.88. The highest BCUT2D eigenvalue weighted by Crippen LogP contribution is 2.24. The van der Waals surface area contributed by atoms with Gasteiger partial charge in [-0.05, 0) is 40.2 Å². The molecule has 0 aliphatic rings. The first kappa shape index (κ1) is 14.5. The first-order chi connectivity index (χ1) is 9.49. The molecule has 0 amide bonds. The number of nitrogens with zero attached hydrogens (tertiary/aromatic N) is 1. The molecule has 0 bridgehead atoms. The van der Waals surface area contributed by atoms with Crippen molar-refractivity contribution >= 4 is 27.5 Å². The van der Waals surface area contributed by atoms with E-state index in [0.29, 0.717) is 17.7 Å². The summed E-state index contributed by atoms with van der Waals surface area (Å²) in [5, 5.41) is 7.45. The minimum Gasteiger partial charge on any atom is -0.384 e. The van der Waals surface area contributed by atoms with Crippen LogP contribution in [0.4, 0.5) is 10.1 Å². The van der Waals surface area contributed by atoms with Gasteiger partial charge in [0.15, 0.2) is 0 Å². The van der Waals surface area contributed by atoms with Crippen LogP contribution in [0.1, 0.15) is 11.1 Å². The molecule has 2 aromatic carbocycles. The number of hydrogen-bond acceptors (Lipinski definition) is 2. The molecule has 5 heteroatoms. The Labute approximate surface area is 125 Å². The van der Waals surface area contributed by atoms with Crippen LogP contribution in [0.15, 0.2) is 46.9 Å². The van der Waals surface area contributed by atoms with Crippen LogP contribution in [0.5, 0.6) is 0 Å². The average Bonchev–Trinajstić information content (AvgIpc) is 2.40. The van der Waals surface area contributed by atoms with Crippen molar-refractivity contribution in [1.82, 2.24) is 0 Å². The zero-order valence-corrected chi connectivity index (χ0v) is 12.6. The zero-order valence-electron chi connectivity index (χ0n) is 11.0. The molecule has 3 N–H and O–H groups in total. The largest absolute Gasteiger partial charge is 0.384 e. The van der Waals surface area contributed by atoms with Gasteiger partial charge in [0.25, 0.3) is 0 Å². The van der Waals surface area contributed by atoms with Crippen LogP contribution in [0.25, 0.3) is 0 Å². The molecular weight excluding hydrogens is 321 g/mol. The van der Waals surface area contributed by atoms with Crippen molar-refractivity contribution in [3.63, 3.8) is 0 Å². The lowest BCUT2D eigenvalue weighted by molar-refractivity contribution is 0.608. The van der Waals surface area contributed by atoms with Gasteiger partial charge < -0.3 is 10.6 Å². The number of halogens is 2. The van der Waals surface area contributed by atoms with Gasteiger partial charge in [-0.1, -0.05) is 18.2 Å². The SMILES string of the molecule is CN(Cc1ccccc1F)c1ccc(C(=N)N)c(Br)c1. The Morgan fingerprint density at radius 2 is 2.00 bits per heavy atom. The van der Waals surface area contributed by atoms with E-state index in [0.717, 1.165) is 10.2 Å². The third-order valence-electron chi connectivity index (χ3n) is 3.05. The molecule has 0 aliphatic carbocycles. The van der Waals surface area contributed by atoms with Gasteiger partial charge in [-0.2, -0.15) is 0 Å². The Morgan fingerprint density at radius 1 is 1.30 bits per heavy atom. The predicted molar refractivity (Wildman–Crippen MR) is 83.7 cm³/mol. The molecule has 0 unspecified atom stereocenters. The fourth-order valence-electron chi connectivity index (χ4n) is 1.93. The van der Waals surface area contributed by atoms with Crippen molar-refractivity contribution in [1.29, 1.82) is 5.41 Å². The molecule has 104 valence electrons. The van der Waals surface area contributed by atoms with Gasteiger partial charge in [-0.3, -0.25) is 5.41 Å². The summed E-state index contributed by atoms with van der Waals surface area (Å²) in [7, 11) is 1.89. The maximum atomic E-state index is 13.6. The number of nitrogens with one attached hydrogen (secondary N) is 1. The van der Waals surface area contributed by atoms with Crippen LogP contribution in [0, 0.1) is 11.2 Å². The molecule has 0 aromatic heterocycles. The van der Waals surface area contributed by atoms with Gasteiger partial charge in [0, 0.05) is 34.9 Å². The van der Waals surface area contributed by atoms with Crippen LogP contribution in [-0.4, -0.2) is 12.9 Å². The van der Waals surface area contributed by atoms with Crippen molar-refractivity contribution in [3.05, 3.63) is 63.9 Å². The lowest BCUT2D eigenvalue weighted by Gasteiger charge is -2.20. The highest BCUT2D eigenvalue weighted by molar-refractivity contribution is 9.10. The number of nitrogen functional groups attached to an aromatic ring is 1. The normalized spacial score (nSPS) is 10.3. The molecule has 0 radical (unpaired) electrons. The summed E-state index contributed by atoms with van der Waals surface area (Å²) in [5.41, 5.74) is 7.68. The number of nitrogens with two attached hydrogens (primary N) is 1. The van der Waals surface area contributed by atoms with Crippen molar-refractivity contribution < 1.29 is 4.39 Å². The second kappa shape index (κ2) is 6.05. The van der Waals surface area contributed by atoms with E-state index in [1.165, 1.54) is 6.07 Å². The average molecular weight is 336 g/mol. The Morgan fingerprint density at radius 3 is 2.60 bits per heavy atom. The molecule has 0 saturated heterocycles. The number of rotatable bonds is 4. The number of benzene rings is 2. The standard InChI is InChI=1S/C15H15BrFN3/c1-20(9-10-4-2-3-5-14(10)17)11-6-7-12(15(18)19)13(16)8-11/h2-8H,9H2,1H3,(H3,18,19). The first-order valence-corrected chi connectivity index (χ1v) is 6.87. The van der Waals surface area contributed by atoms with Gasteiger partial charge in [-0.25, -0.2) is 4.39 Å². The maximum absolute atomic E-state index is 13.6. The van der Waals surface area contributed by atoms with Crippen molar-refractivity contribution in [3.8, 4) is 0 Å². The van der Waals surface area contributed by atoms with Crippen molar-refractivity contribution in [2.45, 2.75) is 6.54 Å². The molecule has 3 nitrogen and oxygen atoms in total. The molecule has 0 atom stereocenters. The summed E-state index contributed by atoms with van der Waals surface area (Å²) < 4.78 is 14.4. The molecular formula is C15H15BrFN3. The molecule has 0 aliphatic heterocycles. The maximum Gasteiger partial charge on any atom is 0.128 e. The third kappa shape index (κ3) is 3.17. The van der Waals surface area contributed by atoms with E-state index >= 15 is 0 Å². The molecule has 0 heterocycles. The van der Waals surface area contributed by atoms with Gasteiger partial charge in [0.1, 0.15) is 11.7 Å². The summed E-state index contributed by atoms with van der Waals surface area (Å²) in [5.74, 6) is -0.195. The Kier molecular flexibility index (Phi) is 4.39. The molecule has 0 saturated carbocycles. The lowest BCUT2D eigenvalue weighted by Crippen LogP contribution is -2.18. The van der Waals surface area contributed by atoms with E-state index in [4.69, 9.17) is 11.1 Å². The molecule has 0 fully saturated rings. The quantitative estimate of drug-likeness (QED) is 0.663. The second-order valence-electron chi connectivity index (χ2n) is 4.53. The predicted octanol–water partition coefficient (Wildman–Crippen LogP) is 3.51. The summed E-state index contributed by atoms with van der Waals surface area (Å²) in [6, 6.07) is 12.2. The summed E-state index contributed by atoms with van der Waals surface area (Å²) >= 11 is 3.39. The number of hydrogen-bond donors (Lipinski definition) is 2. The van der Waals surface area contributed by atoms with E-state index in [9.17, 15) is 4.39 Å². The van der Waals surface area contributed by atoms with E-state index in [1.54, 1.807) is 18.2 Å². The molecule has 2 aromatic rings. The summed E-state index contributed by atoms with van der Waals surface area (Å²) in [6.07, 6.45) is 0. The minimum absolute atomic E-state index is 0.0141. The van der Waals surface area contributed by atoms with E-state index in [-0.39, 0.29) is 11.7 Å². The molecule has 20 heavy (non-hydrogen) atoms. The minimum atomic E-state index is -0.209. The second-order valence-corrected chi connectivity index (χ2v) is 5.38.